The maximum Gasteiger partial charge on any atom is 0.122 e. The molecule has 0 radical (unpaired) electrons. The van der Waals surface area contributed by atoms with Crippen LogP contribution in [-0.2, 0) is 6.42 Å². The lowest BCUT2D eigenvalue weighted by atomic mass is 9.99. The highest BCUT2D eigenvalue weighted by molar-refractivity contribution is 5.40. The van der Waals surface area contributed by atoms with E-state index in [0.29, 0.717) is 6.04 Å². The molecule has 0 bridgehead atoms. The molecule has 0 fully saturated rings. The van der Waals surface area contributed by atoms with Gasteiger partial charge in [-0.3, -0.25) is 0 Å². The quantitative estimate of drug-likeness (QED) is 0.801. The molecule has 0 saturated heterocycles. The van der Waals surface area contributed by atoms with Crippen LogP contribution in [0.5, 0.6) is 5.75 Å². The molecule has 1 N–H and O–H groups in total. The summed E-state index contributed by atoms with van der Waals surface area (Å²) in [6.07, 6.45) is 3.03. The third kappa shape index (κ3) is 2.81. The van der Waals surface area contributed by atoms with Crippen molar-refractivity contribution in [2.45, 2.75) is 32.2 Å². The molecule has 0 aromatic heterocycles. The van der Waals surface area contributed by atoms with E-state index in [0.717, 1.165) is 31.6 Å². The molecule has 2 nitrogen and oxygen atoms in total. The van der Waals surface area contributed by atoms with Crippen molar-refractivity contribution in [3.63, 3.8) is 0 Å². The maximum atomic E-state index is 5.52. The minimum absolute atomic E-state index is 0.391. The lowest BCUT2D eigenvalue weighted by Gasteiger charge is -2.16. The third-order valence-corrected chi connectivity index (χ3v) is 3.20. The lowest BCUT2D eigenvalue weighted by Crippen LogP contribution is -2.16. The highest BCUT2D eigenvalue weighted by Crippen LogP contribution is 2.29. The lowest BCUT2D eigenvalue weighted by molar-refractivity contribution is 0.356. The number of rotatable bonds is 4. The van der Waals surface area contributed by atoms with E-state index in [1.807, 2.05) is 14.0 Å². The second-order valence-electron chi connectivity index (χ2n) is 4.27. The van der Waals surface area contributed by atoms with E-state index < -0.39 is 0 Å². The van der Waals surface area contributed by atoms with Gasteiger partial charge in [-0.25, -0.2) is 0 Å². The molecule has 1 aliphatic rings. The highest BCUT2D eigenvalue weighted by atomic mass is 16.5. The highest BCUT2D eigenvalue weighted by Gasteiger charge is 2.15. The Balaban J connectivity index is 2.10. The standard InChI is InChI=1S/C15H19NO/c1-3-4-5-6-14(16-2)12-7-8-15-13(11-12)9-10-17-15/h7-8,11,14,16H,5-6,9-10H2,1-2H3. The Labute approximate surface area is 103 Å². The van der Waals surface area contributed by atoms with Gasteiger partial charge in [0.05, 0.1) is 6.61 Å². The van der Waals surface area contributed by atoms with Crippen molar-refractivity contribution in [1.82, 2.24) is 5.32 Å². The van der Waals surface area contributed by atoms with Crippen molar-refractivity contribution < 1.29 is 4.74 Å². The molecular weight excluding hydrogens is 210 g/mol. The zero-order chi connectivity index (χ0) is 12.1. The molecule has 0 aliphatic carbocycles. The van der Waals surface area contributed by atoms with Gasteiger partial charge in [-0.1, -0.05) is 12.1 Å². The first-order valence-corrected chi connectivity index (χ1v) is 6.17. The summed E-state index contributed by atoms with van der Waals surface area (Å²) in [6.45, 7) is 2.71. The minimum Gasteiger partial charge on any atom is -0.493 e. The van der Waals surface area contributed by atoms with E-state index >= 15 is 0 Å². The normalized spacial score (nSPS) is 14.5. The average Bonchev–Trinajstić information content (AvgIpc) is 2.82. The van der Waals surface area contributed by atoms with Crippen molar-refractivity contribution in [2.75, 3.05) is 13.7 Å². The molecule has 1 aromatic carbocycles. The van der Waals surface area contributed by atoms with Crippen LogP contribution in [0.25, 0.3) is 0 Å². The summed E-state index contributed by atoms with van der Waals surface area (Å²) < 4.78 is 5.52. The summed E-state index contributed by atoms with van der Waals surface area (Å²) in [5, 5.41) is 3.36. The van der Waals surface area contributed by atoms with Crippen LogP contribution < -0.4 is 10.1 Å². The van der Waals surface area contributed by atoms with E-state index in [1.165, 1.54) is 11.1 Å². The van der Waals surface area contributed by atoms with Crippen LogP contribution >= 0.6 is 0 Å². The van der Waals surface area contributed by atoms with E-state index in [2.05, 4.69) is 35.4 Å². The molecule has 0 spiro atoms. The van der Waals surface area contributed by atoms with Gasteiger partial charge in [0.25, 0.3) is 0 Å². The first-order valence-electron chi connectivity index (χ1n) is 6.17. The maximum absolute atomic E-state index is 5.52. The Morgan fingerprint density at radius 2 is 2.35 bits per heavy atom. The van der Waals surface area contributed by atoms with Crippen molar-refractivity contribution in [2.24, 2.45) is 0 Å². The Morgan fingerprint density at radius 3 is 3.12 bits per heavy atom. The zero-order valence-corrected chi connectivity index (χ0v) is 10.5. The van der Waals surface area contributed by atoms with Crippen LogP contribution in [0.2, 0.25) is 0 Å². The Kier molecular flexibility index (Phi) is 4.06. The largest absolute Gasteiger partial charge is 0.493 e. The fourth-order valence-corrected chi connectivity index (χ4v) is 2.24. The van der Waals surface area contributed by atoms with Gasteiger partial charge >= 0.3 is 0 Å². The summed E-state index contributed by atoms with van der Waals surface area (Å²) >= 11 is 0. The van der Waals surface area contributed by atoms with E-state index in [1.54, 1.807) is 0 Å². The summed E-state index contributed by atoms with van der Waals surface area (Å²) in [6, 6.07) is 6.91. The molecular formula is C15H19NO. The van der Waals surface area contributed by atoms with Crippen LogP contribution in [0.15, 0.2) is 18.2 Å². The molecule has 1 heterocycles. The Morgan fingerprint density at radius 1 is 1.47 bits per heavy atom. The molecule has 1 atom stereocenters. The zero-order valence-electron chi connectivity index (χ0n) is 10.5. The molecule has 2 rings (SSSR count). The van der Waals surface area contributed by atoms with Crippen molar-refractivity contribution in [1.29, 1.82) is 0 Å². The SMILES string of the molecule is CC#CCCC(NC)c1ccc2c(c1)CCO2. The number of nitrogens with one attached hydrogen (secondary N) is 1. The van der Waals surface area contributed by atoms with Gasteiger partial charge < -0.3 is 10.1 Å². The average molecular weight is 229 g/mol. The molecule has 0 saturated carbocycles. The summed E-state index contributed by atoms with van der Waals surface area (Å²) in [4.78, 5) is 0. The topological polar surface area (TPSA) is 21.3 Å². The van der Waals surface area contributed by atoms with Crippen molar-refractivity contribution in [3.05, 3.63) is 29.3 Å². The minimum atomic E-state index is 0.391. The predicted molar refractivity (Wildman–Crippen MR) is 70.1 cm³/mol. The molecule has 1 unspecified atom stereocenters. The van der Waals surface area contributed by atoms with Crippen LogP contribution in [0.4, 0.5) is 0 Å². The van der Waals surface area contributed by atoms with Gasteiger partial charge in [0.15, 0.2) is 0 Å². The number of ether oxygens (including phenoxy) is 1. The monoisotopic (exact) mass is 229 g/mol. The van der Waals surface area contributed by atoms with Crippen molar-refractivity contribution in [3.8, 4) is 17.6 Å². The van der Waals surface area contributed by atoms with Crippen LogP contribution in [-0.4, -0.2) is 13.7 Å². The molecule has 2 heteroatoms. The number of fused-ring (bicyclic) bond motifs is 1. The second kappa shape index (κ2) is 5.75. The number of hydrogen-bond donors (Lipinski definition) is 1. The van der Waals surface area contributed by atoms with Gasteiger partial charge in [0, 0.05) is 18.9 Å². The Bertz CT molecular complexity index is 442. The molecule has 1 aromatic rings. The third-order valence-electron chi connectivity index (χ3n) is 3.20. The van der Waals surface area contributed by atoms with Gasteiger partial charge in [0.2, 0.25) is 0 Å². The van der Waals surface area contributed by atoms with E-state index in [4.69, 9.17) is 4.74 Å². The molecule has 0 amide bonds. The molecule has 90 valence electrons. The van der Waals surface area contributed by atoms with Crippen LogP contribution in [0, 0.1) is 11.8 Å². The summed E-state index contributed by atoms with van der Waals surface area (Å²) in [7, 11) is 2.01. The predicted octanol–water partition coefficient (Wildman–Crippen LogP) is 2.69. The van der Waals surface area contributed by atoms with Gasteiger partial charge in [-0.15, -0.1) is 11.8 Å². The Hall–Kier alpha value is -1.46. The van der Waals surface area contributed by atoms with E-state index in [9.17, 15) is 0 Å². The van der Waals surface area contributed by atoms with Crippen molar-refractivity contribution >= 4 is 0 Å². The van der Waals surface area contributed by atoms with Crippen LogP contribution in [0.1, 0.15) is 36.9 Å². The fraction of sp³-hybridized carbons (Fsp3) is 0.467. The van der Waals surface area contributed by atoms with Gasteiger partial charge in [-0.05, 0) is 37.6 Å². The van der Waals surface area contributed by atoms with E-state index in [-0.39, 0.29) is 0 Å². The second-order valence-corrected chi connectivity index (χ2v) is 4.27. The molecule has 17 heavy (non-hydrogen) atoms. The summed E-state index contributed by atoms with van der Waals surface area (Å²) in [5.74, 6) is 7.12. The fourth-order valence-electron chi connectivity index (χ4n) is 2.24. The van der Waals surface area contributed by atoms with Gasteiger partial charge in [0.1, 0.15) is 5.75 Å². The smallest absolute Gasteiger partial charge is 0.122 e. The first-order chi connectivity index (χ1) is 8.35. The number of hydrogen-bond acceptors (Lipinski definition) is 2. The summed E-state index contributed by atoms with van der Waals surface area (Å²) in [5.41, 5.74) is 2.68. The number of benzene rings is 1. The molecule has 1 aliphatic heterocycles. The van der Waals surface area contributed by atoms with Gasteiger partial charge in [-0.2, -0.15) is 0 Å². The first kappa shape index (κ1) is 12.0. The van der Waals surface area contributed by atoms with Crippen LogP contribution in [0.3, 0.4) is 0 Å².